The molecule has 1 aromatic carbocycles. The molecule has 1 heterocycles. The highest BCUT2D eigenvalue weighted by Gasteiger charge is 2.49. The maximum atomic E-state index is 12.9. The Morgan fingerprint density at radius 2 is 1.94 bits per heavy atom. The SMILES string of the molecule is CCCCS(=O)(=O)NC(CNC(=O)CN1C(=O)NC(C)(c2ccc(C=NN)cc2)C1=O)C(=O)O. The molecule has 0 aliphatic carbocycles. The summed E-state index contributed by atoms with van der Waals surface area (Å²) in [5.41, 5.74) is -0.273. The van der Waals surface area contributed by atoms with Crippen molar-refractivity contribution < 1.29 is 32.7 Å². The molecule has 1 aliphatic rings. The summed E-state index contributed by atoms with van der Waals surface area (Å²) < 4.78 is 26.0. The van der Waals surface area contributed by atoms with E-state index in [1.807, 2.05) is 4.72 Å². The number of hydrogen-bond acceptors (Lipinski definition) is 8. The van der Waals surface area contributed by atoms with Crippen LogP contribution in [0.25, 0.3) is 0 Å². The average molecular weight is 497 g/mol. The molecular formula is C20H28N6O7S. The molecule has 2 atom stereocenters. The quantitative estimate of drug-likeness (QED) is 0.105. The number of unbranched alkanes of at least 4 members (excludes halogenated alkanes) is 1. The number of carbonyl (C=O) groups is 4. The van der Waals surface area contributed by atoms with Crippen molar-refractivity contribution in [2.24, 2.45) is 10.9 Å². The lowest BCUT2D eigenvalue weighted by Gasteiger charge is -2.22. The number of benzene rings is 1. The monoisotopic (exact) mass is 496 g/mol. The predicted molar refractivity (Wildman–Crippen MR) is 122 cm³/mol. The fraction of sp³-hybridized carbons (Fsp3) is 0.450. The first kappa shape index (κ1) is 26.7. The Labute approximate surface area is 196 Å². The highest BCUT2D eigenvalue weighted by molar-refractivity contribution is 7.89. The summed E-state index contributed by atoms with van der Waals surface area (Å²) in [4.78, 5) is 49.8. The summed E-state index contributed by atoms with van der Waals surface area (Å²) in [6, 6.07) is 4.13. The lowest BCUT2D eigenvalue weighted by atomic mass is 9.91. The molecule has 0 saturated carbocycles. The van der Waals surface area contributed by atoms with Crippen molar-refractivity contribution >= 4 is 40.1 Å². The maximum absolute atomic E-state index is 12.9. The first-order valence-corrected chi connectivity index (χ1v) is 12.1. The first-order valence-electron chi connectivity index (χ1n) is 10.4. The molecule has 0 aromatic heterocycles. The second-order valence-corrected chi connectivity index (χ2v) is 9.71. The molecule has 1 aliphatic heterocycles. The normalized spacial score (nSPS) is 19.3. The predicted octanol–water partition coefficient (Wildman–Crippen LogP) is -0.965. The van der Waals surface area contributed by atoms with Crippen molar-refractivity contribution in [3.8, 4) is 0 Å². The number of hydrogen-bond donors (Lipinski definition) is 5. The molecule has 4 amide bonds. The Bertz CT molecular complexity index is 1070. The van der Waals surface area contributed by atoms with E-state index in [0.29, 0.717) is 28.9 Å². The average Bonchev–Trinajstić information content (AvgIpc) is 2.99. The largest absolute Gasteiger partial charge is 0.480 e. The molecule has 1 aromatic rings. The van der Waals surface area contributed by atoms with E-state index < -0.39 is 58.5 Å². The van der Waals surface area contributed by atoms with Gasteiger partial charge in [-0.05, 0) is 24.5 Å². The van der Waals surface area contributed by atoms with E-state index >= 15 is 0 Å². The molecule has 13 nitrogen and oxygen atoms in total. The summed E-state index contributed by atoms with van der Waals surface area (Å²) in [5, 5.41) is 17.5. The van der Waals surface area contributed by atoms with Crippen LogP contribution in [0.1, 0.15) is 37.8 Å². The minimum Gasteiger partial charge on any atom is -0.480 e. The standard InChI is InChI=1S/C20H28N6O7S/c1-3-4-9-34(32,33)25-15(17(28)29)11-22-16(27)12-26-18(30)20(2,24-19(26)31)14-7-5-13(6-8-14)10-23-21/h5-8,10,15,25H,3-4,9,11-12,21H2,1-2H3,(H,22,27)(H,24,31)(H,28,29). The second kappa shape index (κ2) is 11.1. The van der Waals surface area contributed by atoms with Crippen LogP contribution in [-0.2, 0) is 29.9 Å². The molecule has 2 rings (SSSR count). The number of carbonyl (C=O) groups excluding carboxylic acids is 3. The Balaban J connectivity index is 2.03. The number of nitrogens with one attached hydrogen (secondary N) is 3. The Morgan fingerprint density at radius 1 is 1.29 bits per heavy atom. The first-order chi connectivity index (χ1) is 15.9. The van der Waals surface area contributed by atoms with Crippen molar-refractivity contribution in [3.05, 3.63) is 35.4 Å². The van der Waals surface area contributed by atoms with Crippen molar-refractivity contribution in [1.29, 1.82) is 0 Å². The fourth-order valence-corrected chi connectivity index (χ4v) is 4.63. The zero-order chi connectivity index (χ0) is 25.5. The van der Waals surface area contributed by atoms with Gasteiger partial charge in [0.05, 0.1) is 12.0 Å². The van der Waals surface area contributed by atoms with E-state index in [4.69, 9.17) is 5.84 Å². The summed E-state index contributed by atoms with van der Waals surface area (Å²) >= 11 is 0. The molecule has 186 valence electrons. The number of amides is 4. The lowest BCUT2D eigenvalue weighted by molar-refractivity contribution is -0.139. The van der Waals surface area contributed by atoms with Gasteiger partial charge in [0.1, 0.15) is 18.1 Å². The highest BCUT2D eigenvalue weighted by atomic mass is 32.2. The molecule has 2 unspecified atom stereocenters. The number of rotatable bonds is 12. The Hall–Kier alpha value is -3.52. The van der Waals surface area contributed by atoms with Crippen LogP contribution in [-0.4, -0.2) is 73.3 Å². The van der Waals surface area contributed by atoms with Crippen molar-refractivity contribution in [2.75, 3.05) is 18.8 Å². The molecule has 0 bridgehead atoms. The van der Waals surface area contributed by atoms with Crippen molar-refractivity contribution in [3.63, 3.8) is 0 Å². The van der Waals surface area contributed by atoms with Crippen LogP contribution in [0.4, 0.5) is 4.79 Å². The van der Waals surface area contributed by atoms with E-state index in [0.717, 1.165) is 0 Å². The van der Waals surface area contributed by atoms with Gasteiger partial charge in [-0.25, -0.2) is 13.2 Å². The number of hydrazone groups is 1. The third-order valence-corrected chi connectivity index (χ3v) is 6.65. The van der Waals surface area contributed by atoms with Gasteiger partial charge < -0.3 is 21.6 Å². The number of urea groups is 1. The second-order valence-electron chi connectivity index (χ2n) is 7.83. The molecule has 1 saturated heterocycles. The van der Waals surface area contributed by atoms with Crippen LogP contribution < -0.4 is 21.2 Å². The maximum Gasteiger partial charge on any atom is 0.325 e. The zero-order valence-electron chi connectivity index (χ0n) is 18.8. The zero-order valence-corrected chi connectivity index (χ0v) is 19.6. The minimum absolute atomic E-state index is 0.248. The number of nitrogens with two attached hydrogens (primary N) is 1. The number of aliphatic carboxylic acids is 1. The number of carboxylic acids is 1. The van der Waals surface area contributed by atoms with Crippen molar-refractivity contribution in [1.82, 2.24) is 20.3 Å². The molecule has 0 radical (unpaired) electrons. The summed E-state index contributed by atoms with van der Waals surface area (Å²) in [5.74, 6) is 1.87. The van der Waals surface area contributed by atoms with Crippen LogP contribution >= 0.6 is 0 Å². The highest BCUT2D eigenvalue weighted by Crippen LogP contribution is 2.28. The van der Waals surface area contributed by atoms with E-state index in [9.17, 15) is 32.7 Å². The minimum atomic E-state index is -3.85. The smallest absolute Gasteiger partial charge is 0.325 e. The summed E-state index contributed by atoms with van der Waals surface area (Å²) in [6.07, 6.45) is 2.36. The van der Waals surface area contributed by atoms with E-state index in [1.54, 1.807) is 31.2 Å². The van der Waals surface area contributed by atoms with Gasteiger partial charge >= 0.3 is 12.0 Å². The van der Waals surface area contributed by atoms with E-state index in [2.05, 4.69) is 15.7 Å². The Morgan fingerprint density at radius 3 is 2.50 bits per heavy atom. The van der Waals surface area contributed by atoms with Gasteiger partial charge in [-0.15, -0.1) is 0 Å². The van der Waals surface area contributed by atoms with Crippen LogP contribution in [0, 0.1) is 0 Å². The number of carboxylic acid groups (broad SMARTS) is 1. The van der Waals surface area contributed by atoms with Gasteiger partial charge in [-0.3, -0.25) is 19.3 Å². The molecule has 34 heavy (non-hydrogen) atoms. The third-order valence-electron chi connectivity index (χ3n) is 5.18. The molecule has 6 N–H and O–H groups in total. The third kappa shape index (κ3) is 6.51. The van der Waals surface area contributed by atoms with Gasteiger partial charge in [-0.2, -0.15) is 9.82 Å². The number of sulfonamides is 1. The van der Waals surface area contributed by atoms with Crippen LogP contribution in [0.15, 0.2) is 29.4 Å². The van der Waals surface area contributed by atoms with Gasteiger partial charge in [0.2, 0.25) is 15.9 Å². The molecule has 14 heteroatoms. The van der Waals surface area contributed by atoms with Gasteiger partial charge in [-0.1, -0.05) is 37.6 Å². The molecule has 1 fully saturated rings. The fourth-order valence-electron chi connectivity index (χ4n) is 3.23. The van der Waals surface area contributed by atoms with Gasteiger partial charge in [0.15, 0.2) is 0 Å². The Kier molecular flexibility index (Phi) is 8.70. The lowest BCUT2D eigenvalue weighted by Crippen LogP contribution is -2.50. The summed E-state index contributed by atoms with van der Waals surface area (Å²) in [7, 11) is -3.85. The van der Waals surface area contributed by atoms with E-state index in [1.165, 1.54) is 13.1 Å². The van der Waals surface area contributed by atoms with Crippen LogP contribution in [0.2, 0.25) is 0 Å². The van der Waals surface area contributed by atoms with Crippen LogP contribution in [0.5, 0.6) is 0 Å². The molecular weight excluding hydrogens is 468 g/mol. The number of imide groups is 1. The van der Waals surface area contributed by atoms with Gasteiger partial charge in [0.25, 0.3) is 5.91 Å². The van der Waals surface area contributed by atoms with Crippen LogP contribution in [0.3, 0.4) is 0 Å². The summed E-state index contributed by atoms with van der Waals surface area (Å²) in [6.45, 7) is 2.04. The van der Waals surface area contributed by atoms with Crippen molar-refractivity contribution in [2.45, 2.75) is 38.3 Å². The topological polar surface area (TPSA) is 200 Å². The van der Waals surface area contributed by atoms with Gasteiger partial charge in [0, 0.05) is 6.54 Å². The molecule has 0 spiro atoms. The number of nitrogens with zero attached hydrogens (tertiary/aromatic N) is 2. The van der Waals surface area contributed by atoms with E-state index in [-0.39, 0.29) is 5.75 Å².